The Balaban J connectivity index is 2.29. The molecule has 60 valence electrons. The number of hydrogen-bond acceptors (Lipinski definition) is 5. The highest BCUT2D eigenvalue weighted by atomic mass is 32.2. The molecule has 1 aromatic rings. The average molecular weight is 189 g/mol. The highest BCUT2D eigenvalue weighted by Crippen LogP contribution is 2.21. The Morgan fingerprint density at radius 2 is 2.73 bits per heavy atom. The molecule has 1 rings (SSSR count). The molecule has 3 nitrogen and oxygen atoms in total. The third-order valence-corrected chi connectivity index (χ3v) is 2.95. The molecule has 0 aliphatic heterocycles. The Kier molecular flexibility index (Phi) is 3.38. The quantitative estimate of drug-likeness (QED) is 0.532. The van der Waals surface area contributed by atoms with Crippen molar-refractivity contribution >= 4 is 29.1 Å². The molecule has 0 fully saturated rings. The van der Waals surface area contributed by atoms with Gasteiger partial charge in [-0.1, -0.05) is 0 Å². The number of esters is 1. The number of carbonyl (C=O) groups excluding carboxylic acids is 1. The number of thioether (sulfide) groups is 1. The second-order valence-corrected chi connectivity index (χ2v) is 3.85. The van der Waals surface area contributed by atoms with Crippen LogP contribution in [0.4, 0.5) is 0 Å². The van der Waals surface area contributed by atoms with Crippen LogP contribution in [0.1, 0.15) is 0 Å². The molecule has 0 saturated carbocycles. The summed E-state index contributed by atoms with van der Waals surface area (Å²) in [4.78, 5) is 14.5. The predicted molar refractivity (Wildman–Crippen MR) is 44.9 cm³/mol. The van der Waals surface area contributed by atoms with E-state index in [4.69, 9.17) is 0 Å². The Hall–Kier alpha value is -0.550. The van der Waals surface area contributed by atoms with Crippen molar-refractivity contribution < 1.29 is 9.53 Å². The Morgan fingerprint density at radius 3 is 3.27 bits per heavy atom. The van der Waals surface area contributed by atoms with Gasteiger partial charge in [0, 0.05) is 0 Å². The van der Waals surface area contributed by atoms with Gasteiger partial charge >= 0.3 is 5.97 Å². The summed E-state index contributed by atoms with van der Waals surface area (Å²) in [6, 6.07) is 0. The molecule has 0 amide bonds. The van der Waals surface area contributed by atoms with Crippen LogP contribution in [0, 0.1) is 0 Å². The van der Waals surface area contributed by atoms with E-state index in [0.717, 1.165) is 4.21 Å². The molecule has 1 heterocycles. The monoisotopic (exact) mass is 189 g/mol. The van der Waals surface area contributed by atoms with Crippen LogP contribution in [-0.2, 0) is 9.53 Å². The van der Waals surface area contributed by atoms with Gasteiger partial charge in [-0.05, 0) is 0 Å². The number of aromatic nitrogens is 1. The van der Waals surface area contributed by atoms with Gasteiger partial charge in [0.15, 0.2) is 0 Å². The van der Waals surface area contributed by atoms with E-state index in [0.29, 0.717) is 5.75 Å². The molecule has 0 aliphatic rings. The van der Waals surface area contributed by atoms with E-state index in [9.17, 15) is 4.79 Å². The first kappa shape index (κ1) is 8.55. The molecular weight excluding hydrogens is 182 g/mol. The maximum absolute atomic E-state index is 10.6. The van der Waals surface area contributed by atoms with Crippen molar-refractivity contribution in [2.45, 2.75) is 4.21 Å². The fraction of sp³-hybridized carbons (Fsp3) is 0.333. The molecule has 0 radical (unpaired) electrons. The number of carbonyl (C=O) groups is 1. The van der Waals surface area contributed by atoms with Crippen molar-refractivity contribution in [3.05, 3.63) is 11.7 Å². The number of methoxy groups -OCH3 is 1. The first-order valence-corrected chi connectivity index (χ1v) is 4.77. The van der Waals surface area contributed by atoms with E-state index >= 15 is 0 Å². The zero-order valence-corrected chi connectivity index (χ0v) is 7.58. The summed E-state index contributed by atoms with van der Waals surface area (Å²) in [5, 5.41) is 0. The van der Waals surface area contributed by atoms with Crippen LogP contribution >= 0.6 is 23.1 Å². The first-order chi connectivity index (χ1) is 5.33. The number of hydrogen-bond donors (Lipinski definition) is 0. The van der Waals surface area contributed by atoms with Gasteiger partial charge < -0.3 is 4.74 Å². The maximum Gasteiger partial charge on any atom is 0.316 e. The molecule has 0 saturated heterocycles. The third-order valence-electron chi connectivity index (χ3n) is 0.970. The highest BCUT2D eigenvalue weighted by Gasteiger charge is 2.01. The van der Waals surface area contributed by atoms with Crippen molar-refractivity contribution in [2.24, 2.45) is 0 Å². The van der Waals surface area contributed by atoms with E-state index in [2.05, 4.69) is 9.72 Å². The molecule has 1 aromatic heterocycles. The van der Waals surface area contributed by atoms with Gasteiger partial charge in [-0.15, -0.1) is 23.1 Å². The van der Waals surface area contributed by atoms with E-state index in [1.807, 2.05) is 0 Å². The van der Waals surface area contributed by atoms with Gasteiger partial charge in [-0.25, -0.2) is 0 Å². The Morgan fingerprint density at radius 1 is 1.91 bits per heavy atom. The first-order valence-electron chi connectivity index (χ1n) is 2.91. The molecular formula is C6H7NO2S2. The number of nitrogens with zero attached hydrogens (tertiary/aromatic N) is 1. The molecule has 0 N–H and O–H groups in total. The average Bonchev–Trinajstić information content (AvgIpc) is 2.52. The number of rotatable bonds is 3. The van der Waals surface area contributed by atoms with Gasteiger partial charge in [0.05, 0.1) is 28.8 Å². The third kappa shape index (κ3) is 2.90. The van der Waals surface area contributed by atoms with Crippen LogP contribution in [-0.4, -0.2) is 23.8 Å². The van der Waals surface area contributed by atoms with Crippen molar-refractivity contribution in [1.82, 2.24) is 4.98 Å². The molecule has 0 aliphatic carbocycles. The lowest BCUT2D eigenvalue weighted by Crippen LogP contribution is -2.02. The lowest BCUT2D eigenvalue weighted by molar-refractivity contribution is -0.137. The summed E-state index contributed by atoms with van der Waals surface area (Å²) < 4.78 is 5.51. The van der Waals surface area contributed by atoms with Crippen molar-refractivity contribution in [2.75, 3.05) is 12.9 Å². The highest BCUT2D eigenvalue weighted by molar-refractivity contribution is 8.01. The van der Waals surface area contributed by atoms with Crippen molar-refractivity contribution in [3.8, 4) is 0 Å². The van der Waals surface area contributed by atoms with Gasteiger partial charge in [-0.3, -0.25) is 9.78 Å². The largest absolute Gasteiger partial charge is 0.468 e. The molecule has 0 bridgehead atoms. The molecule has 0 spiro atoms. The minimum Gasteiger partial charge on any atom is -0.468 e. The zero-order valence-electron chi connectivity index (χ0n) is 5.94. The molecule has 0 atom stereocenters. The number of thiazole rings is 1. The van der Waals surface area contributed by atoms with E-state index in [1.54, 1.807) is 11.7 Å². The lowest BCUT2D eigenvalue weighted by atomic mass is 10.8. The normalized spacial score (nSPS) is 9.55. The summed E-state index contributed by atoms with van der Waals surface area (Å²) in [6.45, 7) is 0. The Bertz CT molecular complexity index is 222. The van der Waals surface area contributed by atoms with Crippen molar-refractivity contribution in [3.63, 3.8) is 0 Å². The van der Waals surface area contributed by atoms with Gasteiger partial charge in [0.2, 0.25) is 0 Å². The van der Waals surface area contributed by atoms with Crippen molar-refractivity contribution in [1.29, 1.82) is 0 Å². The van der Waals surface area contributed by atoms with Gasteiger partial charge in [-0.2, -0.15) is 0 Å². The van der Waals surface area contributed by atoms with Gasteiger partial charge in [0.1, 0.15) is 0 Å². The smallest absolute Gasteiger partial charge is 0.316 e. The number of ether oxygens (including phenoxy) is 1. The topological polar surface area (TPSA) is 39.2 Å². The van der Waals surface area contributed by atoms with Crippen LogP contribution in [0.25, 0.3) is 0 Å². The summed E-state index contributed by atoms with van der Waals surface area (Å²) in [5.41, 5.74) is 1.74. The fourth-order valence-corrected chi connectivity index (χ4v) is 1.90. The summed E-state index contributed by atoms with van der Waals surface area (Å²) in [5.74, 6) is 0.155. The predicted octanol–water partition coefficient (Wildman–Crippen LogP) is 1.41. The standard InChI is InChI=1S/C6H7NO2S2/c1-9-5(8)3-10-6-2-7-4-11-6/h2,4H,3H2,1H3. The molecule has 0 unspecified atom stereocenters. The SMILES string of the molecule is COC(=O)CSc1cncs1. The lowest BCUT2D eigenvalue weighted by Gasteiger charge is -1.94. The Labute approximate surface area is 72.8 Å². The summed E-state index contributed by atoms with van der Waals surface area (Å²) in [7, 11) is 1.38. The van der Waals surface area contributed by atoms with Crippen LogP contribution in [0.15, 0.2) is 15.9 Å². The van der Waals surface area contributed by atoms with Crippen LogP contribution in [0.5, 0.6) is 0 Å². The molecule has 11 heavy (non-hydrogen) atoms. The maximum atomic E-state index is 10.6. The summed E-state index contributed by atoms with van der Waals surface area (Å²) in [6.07, 6.45) is 1.73. The van der Waals surface area contributed by atoms with E-state index in [-0.39, 0.29) is 5.97 Å². The fourth-order valence-electron chi connectivity index (χ4n) is 0.464. The second kappa shape index (κ2) is 4.35. The van der Waals surface area contributed by atoms with Crippen LogP contribution < -0.4 is 0 Å². The van der Waals surface area contributed by atoms with Crippen LogP contribution in [0.2, 0.25) is 0 Å². The minimum absolute atomic E-state index is 0.205. The van der Waals surface area contributed by atoms with Crippen LogP contribution in [0.3, 0.4) is 0 Å². The second-order valence-electron chi connectivity index (χ2n) is 1.69. The van der Waals surface area contributed by atoms with Gasteiger partial charge in [0.25, 0.3) is 0 Å². The zero-order chi connectivity index (χ0) is 8.10. The van der Waals surface area contributed by atoms with E-state index < -0.39 is 0 Å². The molecule has 5 heteroatoms. The molecule has 0 aromatic carbocycles. The summed E-state index contributed by atoms with van der Waals surface area (Å²) >= 11 is 2.96. The van der Waals surface area contributed by atoms with E-state index in [1.165, 1.54) is 30.2 Å². The minimum atomic E-state index is -0.205.